The predicted molar refractivity (Wildman–Crippen MR) is 68.8 cm³/mol. The average molecular weight is 269 g/mol. The molecule has 0 fully saturated rings. The lowest BCUT2D eigenvalue weighted by molar-refractivity contribution is 0.636. The van der Waals surface area contributed by atoms with E-state index in [0.29, 0.717) is 22.3 Å². The lowest BCUT2D eigenvalue weighted by Gasteiger charge is -2.06. The van der Waals surface area contributed by atoms with Crippen LogP contribution in [0.25, 0.3) is 0 Å². The molecule has 88 valence electrons. The molecule has 0 aliphatic carbocycles. The van der Waals surface area contributed by atoms with Crippen molar-refractivity contribution in [2.24, 2.45) is 0 Å². The number of aromatic nitrogens is 2. The van der Waals surface area contributed by atoms with Gasteiger partial charge in [-0.15, -0.1) is 0 Å². The summed E-state index contributed by atoms with van der Waals surface area (Å²) in [5.74, 6) is 0. The fourth-order valence-corrected chi connectivity index (χ4v) is 1.70. The van der Waals surface area contributed by atoms with Gasteiger partial charge in [0.25, 0.3) is 5.56 Å². The fourth-order valence-electron chi connectivity index (χ4n) is 1.43. The van der Waals surface area contributed by atoms with Crippen LogP contribution in [0.3, 0.4) is 0 Å². The van der Waals surface area contributed by atoms with E-state index in [0.717, 1.165) is 5.56 Å². The predicted octanol–water partition coefficient (Wildman–Crippen LogP) is 2.91. The molecular formula is C12H10Cl2N2O. The third kappa shape index (κ3) is 2.87. The molecule has 0 aliphatic rings. The van der Waals surface area contributed by atoms with Crippen LogP contribution in [-0.4, -0.2) is 9.78 Å². The summed E-state index contributed by atoms with van der Waals surface area (Å²) < 4.78 is 1.33. The molecule has 0 spiro atoms. The first-order chi connectivity index (χ1) is 8.06. The largest absolute Gasteiger partial charge is 0.268 e. The van der Waals surface area contributed by atoms with E-state index >= 15 is 0 Å². The molecule has 1 aromatic carbocycles. The smallest absolute Gasteiger partial charge is 0.267 e. The van der Waals surface area contributed by atoms with E-state index in [1.54, 1.807) is 19.1 Å². The van der Waals surface area contributed by atoms with Crippen LogP contribution in [0.15, 0.2) is 35.1 Å². The number of aryl methyl sites for hydroxylation is 1. The monoisotopic (exact) mass is 268 g/mol. The third-order valence-electron chi connectivity index (χ3n) is 2.37. The van der Waals surface area contributed by atoms with Gasteiger partial charge in [-0.1, -0.05) is 35.3 Å². The molecule has 2 rings (SSSR count). The highest BCUT2D eigenvalue weighted by Gasteiger charge is 2.04. The van der Waals surface area contributed by atoms with Gasteiger partial charge in [-0.25, -0.2) is 4.68 Å². The number of hydrogen-bond acceptors (Lipinski definition) is 2. The van der Waals surface area contributed by atoms with Gasteiger partial charge in [0.2, 0.25) is 0 Å². The highest BCUT2D eigenvalue weighted by Crippen LogP contribution is 2.11. The summed E-state index contributed by atoms with van der Waals surface area (Å²) in [6.07, 6.45) is 0. The Morgan fingerprint density at radius 1 is 1.24 bits per heavy atom. The van der Waals surface area contributed by atoms with E-state index in [-0.39, 0.29) is 5.56 Å². The topological polar surface area (TPSA) is 34.9 Å². The minimum absolute atomic E-state index is 0.165. The van der Waals surface area contributed by atoms with Crippen molar-refractivity contribution in [2.45, 2.75) is 13.5 Å². The molecule has 0 atom stereocenters. The van der Waals surface area contributed by atoms with E-state index < -0.39 is 0 Å². The Kier molecular flexibility index (Phi) is 3.50. The van der Waals surface area contributed by atoms with Gasteiger partial charge in [0, 0.05) is 11.1 Å². The second kappa shape index (κ2) is 4.90. The Labute approximate surface area is 109 Å². The molecule has 0 N–H and O–H groups in total. The number of halogens is 2. The van der Waals surface area contributed by atoms with Crippen molar-refractivity contribution in [3.05, 3.63) is 62.0 Å². The summed E-state index contributed by atoms with van der Waals surface area (Å²) in [6.45, 7) is 2.14. The molecule has 2 aromatic rings. The van der Waals surface area contributed by atoms with Crippen LogP contribution < -0.4 is 5.56 Å². The maximum Gasteiger partial charge on any atom is 0.267 e. The van der Waals surface area contributed by atoms with Crippen molar-refractivity contribution >= 4 is 23.2 Å². The van der Waals surface area contributed by atoms with Gasteiger partial charge in [0.05, 0.1) is 6.54 Å². The summed E-state index contributed by atoms with van der Waals surface area (Å²) in [5, 5.41) is 5.04. The van der Waals surface area contributed by atoms with Crippen molar-refractivity contribution in [3.63, 3.8) is 0 Å². The van der Waals surface area contributed by atoms with Crippen LogP contribution >= 0.6 is 23.2 Å². The van der Waals surface area contributed by atoms with E-state index in [4.69, 9.17) is 23.2 Å². The summed E-state index contributed by atoms with van der Waals surface area (Å²) in [4.78, 5) is 11.7. The molecule has 0 saturated carbocycles. The van der Waals surface area contributed by atoms with Crippen LogP contribution in [0.1, 0.15) is 11.1 Å². The number of benzene rings is 1. The molecule has 0 aliphatic heterocycles. The Hall–Kier alpha value is -1.32. The van der Waals surface area contributed by atoms with Gasteiger partial charge < -0.3 is 0 Å². The first-order valence-electron chi connectivity index (χ1n) is 5.05. The molecule has 17 heavy (non-hydrogen) atoms. The number of rotatable bonds is 2. The standard InChI is InChI=1S/C12H10Cl2N2O/c1-8-6-11(17)16(15-12(8)14)7-9-2-4-10(13)5-3-9/h2-6H,7H2,1H3. The molecular weight excluding hydrogens is 259 g/mol. The zero-order valence-electron chi connectivity index (χ0n) is 9.15. The third-order valence-corrected chi connectivity index (χ3v) is 3.00. The van der Waals surface area contributed by atoms with Crippen molar-refractivity contribution in [1.29, 1.82) is 0 Å². The second-order valence-electron chi connectivity index (χ2n) is 3.74. The summed E-state index contributed by atoms with van der Waals surface area (Å²) in [7, 11) is 0. The Bertz CT molecular complexity index is 590. The fraction of sp³-hybridized carbons (Fsp3) is 0.167. The normalized spacial score (nSPS) is 10.5. The van der Waals surface area contributed by atoms with Gasteiger partial charge in [-0.05, 0) is 30.2 Å². The van der Waals surface area contributed by atoms with Crippen LogP contribution in [-0.2, 0) is 6.54 Å². The highest BCUT2D eigenvalue weighted by molar-refractivity contribution is 6.30. The van der Waals surface area contributed by atoms with E-state index in [1.165, 1.54) is 10.7 Å². The van der Waals surface area contributed by atoms with Crippen molar-refractivity contribution in [2.75, 3.05) is 0 Å². The second-order valence-corrected chi connectivity index (χ2v) is 4.53. The zero-order valence-corrected chi connectivity index (χ0v) is 10.7. The van der Waals surface area contributed by atoms with Crippen LogP contribution in [0.5, 0.6) is 0 Å². The minimum Gasteiger partial charge on any atom is -0.268 e. The summed E-state index contributed by atoms with van der Waals surface area (Å²) >= 11 is 11.7. The van der Waals surface area contributed by atoms with Gasteiger partial charge >= 0.3 is 0 Å². The first-order valence-corrected chi connectivity index (χ1v) is 5.80. The maximum absolute atomic E-state index is 11.7. The van der Waals surface area contributed by atoms with Crippen molar-refractivity contribution in [3.8, 4) is 0 Å². The lowest BCUT2D eigenvalue weighted by Crippen LogP contribution is -2.23. The molecule has 0 bridgehead atoms. The minimum atomic E-state index is -0.165. The number of hydrogen-bond donors (Lipinski definition) is 0. The summed E-state index contributed by atoms with van der Waals surface area (Å²) in [6, 6.07) is 8.73. The molecule has 0 saturated heterocycles. The number of nitrogens with zero attached hydrogens (tertiary/aromatic N) is 2. The first kappa shape index (κ1) is 12.1. The van der Waals surface area contributed by atoms with Gasteiger partial charge in [0.15, 0.2) is 5.15 Å². The van der Waals surface area contributed by atoms with Crippen molar-refractivity contribution < 1.29 is 0 Å². The highest BCUT2D eigenvalue weighted by atomic mass is 35.5. The van der Waals surface area contributed by atoms with Crippen LogP contribution in [0.4, 0.5) is 0 Å². The molecule has 5 heteroatoms. The van der Waals surface area contributed by atoms with E-state index in [2.05, 4.69) is 5.10 Å². The molecule has 3 nitrogen and oxygen atoms in total. The Morgan fingerprint density at radius 3 is 2.53 bits per heavy atom. The quantitative estimate of drug-likeness (QED) is 0.840. The molecule has 1 aromatic heterocycles. The maximum atomic E-state index is 11.7. The van der Waals surface area contributed by atoms with Gasteiger partial charge in [-0.2, -0.15) is 5.10 Å². The van der Waals surface area contributed by atoms with Crippen LogP contribution in [0, 0.1) is 6.92 Å². The van der Waals surface area contributed by atoms with Crippen molar-refractivity contribution in [1.82, 2.24) is 9.78 Å². The van der Waals surface area contributed by atoms with Gasteiger partial charge in [-0.3, -0.25) is 4.79 Å². The Morgan fingerprint density at radius 2 is 1.88 bits per heavy atom. The summed E-state index contributed by atoms with van der Waals surface area (Å²) in [5.41, 5.74) is 1.47. The lowest BCUT2D eigenvalue weighted by atomic mass is 10.2. The van der Waals surface area contributed by atoms with Crippen LogP contribution in [0.2, 0.25) is 10.2 Å². The average Bonchev–Trinajstić information content (AvgIpc) is 2.29. The Balaban J connectivity index is 2.33. The SMILES string of the molecule is Cc1cc(=O)n(Cc2ccc(Cl)cc2)nc1Cl. The zero-order chi connectivity index (χ0) is 12.4. The molecule has 0 unspecified atom stereocenters. The molecule has 1 heterocycles. The van der Waals surface area contributed by atoms with E-state index in [9.17, 15) is 4.79 Å². The van der Waals surface area contributed by atoms with Gasteiger partial charge in [0.1, 0.15) is 0 Å². The molecule has 0 radical (unpaired) electrons. The molecule has 0 amide bonds. The van der Waals surface area contributed by atoms with E-state index in [1.807, 2.05) is 12.1 Å².